The number of carbonyl (C=O) groups is 1. The summed E-state index contributed by atoms with van der Waals surface area (Å²) in [5.74, 6) is 0. The number of primary amides is 1. The fraction of sp³-hybridized carbons (Fsp3) is 0.263. The summed E-state index contributed by atoms with van der Waals surface area (Å²) in [6.45, 7) is 3.96. The van der Waals surface area contributed by atoms with Crippen molar-refractivity contribution in [2.24, 2.45) is 10.8 Å². The lowest BCUT2D eigenvalue weighted by atomic mass is 10.1. The van der Waals surface area contributed by atoms with Crippen molar-refractivity contribution < 1.29 is 9.72 Å². The third-order valence-corrected chi connectivity index (χ3v) is 4.55. The second-order valence-electron chi connectivity index (χ2n) is 6.49. The summed E-state index contributed by atoms with van der Waals surface area (Å²) >= 11 is 0. The Hall–Kier alpha value is -3.46. The molecule has 0 aromatic heterocycles. The molecule has 0 saturated carbocycles. The molecule has 9 nitrogen and oxygen atoms in total. The highest BCUT2D eigenvalue weighted by Gasteiger charge is 2.24. The van der Waals surface area contributed by atoms with Crippen LogP contribution in [0.5, 0.6) is 0 Å². The SMILES string of the molecule is NC(=O)NN=Cc1ccc(N2CCN(Cc3ccccc3)CC2)c([N+](=O)[O-])c1. The Morgan fingerprint density at radius 3 is 2.54 bits per heavy atom. The van der Waals surface area contributed by atoms with E-state index in [0.29, 0.717) is 24.3 Å². The molecule has 28 heavy (non-hydrogen) atoms. The first-order valence-electron chi connectivity index (χ1n) is 8.91. The summed E-state index contributed by atoms with van der Waals surface area (Å²) in [6.07, 6.45) is 1.32. The van der Waals surface area contributed by atoms with Gasteiger partial charge in [0.1, 0.15) is 5.69 Å². The summed E-state index contributed by atoms with van der Waals surface area (Å²) in [4.78, 5) is 26.2. The number of benzene rings is 2. The predicted molar refractivity (Wildman–Crippen MR) is 107 cm³/mol. The smallest absolute Gasteiger partial charge is 0.332 e. The number of hydrazone groups is 1. The van der Waals surface area contributed by atoms with E-state index in [-0.39, 0.29) is 5.69 Å². The number of nitrogens with zero attached hydrogens (tertiary/aromatic N) is 4. The molecule has 1 saturated heterocycles. The monoisotopic (exact) mass is 382 g/mol. The molecule has 146 valence electrons. The molecule has 2 aromatic carbocycles. The number of rotatable bonds is 6. The molecule has 0 unspecified atom stereocenters. The van der Waals surface area contributed by atoms with Crippen molar-refractivity contribution in [3.05, 3.63) is 69.8 Å². The maximum Gasteiger partial charge on any atom is 0.332 e. The average Bonchev–Trinajstić information content (AvgIpc) is 2.69. The topological polar surface area (TPSA) is 117 Å². The van der Waals surface area contributed by atoms with Gasteiger partial charge in [-0.25, -0.2) is 10.2 Å². The molecule has 1 aliphatic rings. The number of carbonyl (C=O) groups excluding carboxylic acids is 1. The van der Waals surface area contributed by atoms with Gasteiger partial charge in [0.05, 0.1) is 11.1 Å². The minimum absolute atomic E-state index is 0.0135. The highest BCUT2D eigenvalue weighted by Crippen LogP contribution is 2.30. The molecule has 0 spiro atoms. The van der Waals surface area contributed by atoms with Gasteiger partial charge in [0, 0.05) is 44.4 Å². The molecular formula is C19H22N6O3. The molecule has 3 N–H and O–H groups in total. The van der Waals surface area contributed by atoms with Crippen LogP contribution in [0.1, 0.15) is 11.1 Å². The van der Waals surface area contributed by atoms with Crippen molar-refractivity contribution in [2.75, 3.05) is 31.1 Å². The average molecular weight is 382 g/mol. The predicted octanol–water partition coefficient (Wildman–Crippen LogP) is 1.92. The zero-order chi connectivity index (χ0) is 19.9. The number of anilines is 1. The Morgan fingerprint density at radius 2 is 1.89 bits per heavy atom. The van der Waals surface area contributed by atoms with E-state index in [1.165, 1.54) is 17.8 Å². The number of nitro benzene ring substituents is 1. The number of nitrogens with one attached hydrogen (secondary N) is 1. The van der Waals surface area contributed by atoms with Crippen LogP contribution in [0, 0.1) is 10.1 Å². The normalized spacial score (nSPS) is 14.9. The molecule has 1 heterocycles. The van der Waals surface area contributed by atoms with Gasteiger partial charge in [-0.3, -0.25) is 15.0 Å². The fourth-order valence-electron chi connectivity index (χ4n) is 3.19. The first-order valence-corrected chi connectivity index (χ1v) is 8.91. The molecule has 9 heteroatoms. The molecular weight excluding hydrogens is 360 g/mol. The van der Waals surface area contributed by atoms with Gasteiger partial charge in [-0.15, -0.1) is 0 Å². The Kier molecular flexibility index (Phi) is 6.18. The van der Waals surface area contributed by atoms with E-state index in [1.54, 1.807) is 12.1 Å². The van der Waals surface area contributed by atoms with Gasteiger partial charge in [0.15, 0.2) is 0 Å². The van der Waals surface area contributed by atoms with Crippen molar-refractivity contribution in [1.29, 1.82) is 0 Å². The van der Waals surface area contributed by atoms with Crippen molar-refractivity contribution in [3.8, 4) is 0 Å². The molecule has 2 amide bonds. The van der Waals surface area contributed by atoms with Crippen molar-refractivity contribution in [1.82, 2.24) is 10.3 Å². The Labute approximate surface area is 162 Å². The lowest BCUT2D eigenvalue weighted by Gasteiger charge is -2.35. The molecule has 0 atom stereocenters. The van der Waals surface area contributed by atoms with Crippen LogP contribution in [-0.2, 0) is 6.54 Å². The number of nitro groups is 1. The van der Waals surface area contributed by atoms with Gasteiger partial charge < -0.3 is 10.6 Å². The molecule has 1 aliphatic heterocycles. The van der Waals surface area contributed by atoms with Gasteiger partial charge in [0.25, 0.3) is 5.69 Å². The number of nitrogens with two attached hydrogens (primary N) is 1. The third-order valence-electron chi connectivity index (χ3n) is 4.55. The van der Waals surface area contributed by atoms with Gasteiger partial charge in [-0.1, -0.05) is 36.4 Å². The number of hydrogen-bond acceptors (Lipinski definition) is 6. The highest BCUT2D eigenvalue weighted by molar-refractivity contribution is 5.84. The minimum Gasteiger partial charge on any atom is -0.363 e. The fourth-order valence-corrected chi connectivity index (χ4v) is 3.19. The van der Waals surface area contributed by atoms with Crippen molar-refractivity contribution in [3.63, 3.8) is 0 Å². The maximum atomic E-state index is 11.5. The van der Waals surface area contributed by atoms with Crippen LogP contribution in [0.4, 0.5) is 16.2 Å². The number of amides is 2. The van der Waals surface area contributed by atoms with Crippen LogP contribution in [0.2, 0.25) is 0 Å². The molecule has 2 aromatic rings. The lowest BCUT2D eigenvalue weighted by molar-refractivity contribution is -0.384. The van der Waals surface area contributed by atoms with Crippen LogP contribution in [-0.4, -0.2) is 48.2 Å². The van der Waals surface area contributed by atoms with Crippen molar-refractivity contribution >= 4 is 23.6 Å². The quantitative estimate of drug-likeness (QED) is 0.450. The van der Waals surface area contributed by atoms with Crippen LogP contribution in [0.15, 0.2) is 53.6 Å². The zero-order valence-electron chi connectivity index (χ0n) is 15.3. The van der Waals surface area contributed by atoms with Gasteiger partial charge in [-0.2, -0.15) is 5.10 Å². The van der Waals surface area contributed by atoms with E-state index in [1.807, 2.05) is 23.1 Å². The van der Waals surface area contributed by atoms with E-state index >= 15 is 0 Å². The highest BCUT2D eigenvalue weighted by atomic mass is 16.6. The number of hydrogen-bond donors (Lipinski definition) is 2. The van der Waals surface area contributed by atoms with Gasteiger partial charge in [-0.05, 0) is 11.6 Å². The standard InChI is InChI=1S/C19H22N6O3/c20-19(26)22-21-13-16-6-7-17(18(12-16)25(27)28)24-10-8-23(9-11-24)14-15-4-2-1-3-5-15/h1-7,12-13H,8-11,14H2,(H3,20,22,26). The summed E-state index contributed by atoms with van der Waals surface area (Å²) in [6, 6.07) is 14.3. The number of urea groups is 1. The van der Waals surface area contributed by atoms with E-state index in [2.05, 4.69) is 27.6 Å². The minimum atomic E-state index is -0.796. The van der Waals surface area contributed by atoms with E-state index in [0.717, 1.165) is 19.6 Å². The largest absolute Gasteiger partial charge is 0.363 e. The molecule has 1 fully saturated rings. The summed E-state index contributed by atoms with van der Waals surface area (Å²) in [7, 11) is 0. The zero-order valence-corrected chi connectivity index (χ0v) is 15.3. The maximum absolute atomic E-state index is 11.5. The third kappa shape index (κ3) is 5.04. The first-order chi connectivity index (χ1) is 13.5. The van der Waals surface area contributed by atoms with E-state index < -0.39 is 11.0 Å². The van der Waals surface area contributed by atoms with Crippen molar-refractivity contribution in [2.45, 2.75) is 6.54 Å². The Balaban J connectivity index is 1.67. The van der Waals surface area contributed by atoms with Gasteiger partial charge >= 0.3 is 6.03 Å². The molecule has 0 radical (unpaired) electrons. The van der Waals surface area contributed by atoms with Gasteiger partial charge in [0.2, 0.25) is 0 Å². The van der Waals surface area contributed by atoms with Crippen LogP contribution < -0.4 is 16.1 Å². The van der Waals surface area contributed by atoms with Crippen LogP contribution >= 0.6 is 0 Å². The second-order valence-corrected chi connectivity index (χ2v) is 6.49. The molecule has 3 rings (SSSR count). The van der Waals surface area contributed by atoms with E-state index in [9.17, 15) is 14.9 Å². The number of piperazine rings is 1. The molecule has 0 bridgehead atoms. The molecule has 0 aliphatic carbocycles. The van der Waals surface area contributed by atoms with Crippen LogP contribution in [0.25, 0.3) is 0 Å². The summed E-state index contributed by atoms with van der Waals surface area (Å²) in [5, 5.41) is 15.2. The second kappa shape index (κ2) is 8.96. The Morgan fingerprint density at radius 1 is 1.18 bits per heavy atom. The Bertz CT molecular complexity index is 863. The summed E-state index contributed by atoms with van der Waals surface area (Å²) < 4.78 is 0. The summed E-state index contributed by atoms with van der Waals surface area (Å²) in [5.41, 5.74) is 9.37. The van der Waals surface area contributed by atoms with E-state index in [4.69, 9.17) is 5.73 Å². The lowest BCUT2D eigenvalue weighted by Crippen LogP contribution is -2.46. The van der Waals surface area contributed by atoms with Crippen LogP contribution in [0.3, 0.4) is 0 Å². The first kappa shape index (κ1) is 19.3.